The van der Waals surface area contributed by atoms with Gasteiger partial charge in [0.1, 0.15) is 5.75 Å². The Kier molecular flexibility index (Phi) is 5.56. The van der Waals surface area contributed by atoms with Crippen LogP contribution in [0.25, 0.3) is 0 Å². The maximum absolute atomic E-state index is 12.5. The highest BCUT2D eigenvalue weighted by Gasteiger charge is 2.30. The van der Waals surface area contributed by atoms with E-state index in [0.29, 0.717) is 11.3 Å². The largest absolute Gasteiger partial charge is 0.482 e. The van der Waals surface area contributed by atoms with Crippen molar-refractivity contribution in [2.45, 2.75) is 38.8 Å². The van der Waals surface area contributed by atoms with Crippen molar-refractivity contribution in [3.05, 3.63) is 65.2 Å². The van der Waals surface area contributed by atoms with Crippen LogP contribution in [0.1, 0.15) is 35.6 Å². The van der Waals surface area contributed by atoms with Crippen LogP contribution in [0.2, 0.25) is 0 Å². The first-order chi connectivity index (χ1) is 12.5. The van der Waals surface area contributed by atoms with Gasteiger partial charge in [0.2, 0.25) is 6.10 Å². The number of hydrogen-bond acceptors (Lipinski definition) is 4. The quantitative estimate of drug-likeness (QED) is 0.776. The van der Waals surface area contributed by atoms with Crippen LogP contribution < -0.4 is 10.1 Å². The zero-order valence-corrected chi connectivity index (χ0v) is 15.0. The molecule has 2 aromatic carbocycles. The van der Waals surface area contributed by atoms with E-state index in [4.69, 9.17) is 9.47 Å². The average molecular weight is 353 g/mol. The summed E-state index contributed by atoms with van der Waals surface area (Å²) in [6.45, 7) is 3.62. The van der Waals surface area contributed by atoms with E-state index in [9.17, 15) is 9.59 Å². The summed E-state index contributed by atoms with van der Waals surface area (Å²) in [5.41, 5.74) is 2.63. The monoisotopic (exact) mass is 353 g/mol. The number of esters is 1. The Bertz CT molecular complexity index is 784. The number of nitrogens with one attached hydrogen (secondary N) is 1. The van der Waals surface area contributed by atoms with Gasteiger partial charge in [-0.15, -0.1) is 0 Å². The molecule has 1 N–H and O–H groups in total. The molecule has 0 aliphatic heterocycles. The van der Waals surface area contributed by atoms with Gasteiger partial charge in [-0.25, -0.2) is 4.79 Å². The van der Waals surface area contributed by atoms with Gasteiger partial charge in [0.15, 0.2) is 6.61 Å². The number of carbonyl (C=O) groups excluding carboxylic acids is 2. The Hall–Kier alpha value is -2.82. The van der Waals surface area contributed by atoms with Crippen LogP contribution >= 0.6 is 0 Å². The van der Waals surface area contributed by atoms with Crippen molar-refractivity contribution in [1.82, 2.24) is 5.32 Å². The van der Waals surface area contributed by atoms with Crippen LogP contribution in [-0.2, 0) is 14.3 Å². The third kappa shape index (κ3) is 4.85. The van der Waals surface area contributed by atoms with Gasteiger partial charge in [0.25, 0.3) is 5.91 Å². The summed E-state index contributed by atoms with van der Waals surface area (Å²) in [4.78, 5) is 24.7. The van der Waals surface area contributed by atoms with Gasteiger partial charge in [-0.3, -0.25) is 4.79 Å². The van der Waals surface area contributed by atoms with Crippen molar-refractivity contribution in [3.63, 3.8) is 0 Å². The number of ether oxygens (including phenoxy) is 2. The van der Waals surface area contributed by atoms with Crippen molar-refractivity contribution in [3.8, 4) is 5.75 Å². The zero-order valence-electron chi connectivity index (χ0n) is 15.0. The first-order valence-corrected chi connectivity index (χ1v) is 8.78. The summed E-state index contributed by atoms with van der Waals surface area (Å²) in [6.07, 6.45) is 0.972. The molecule has 0 spiro atoms. The Labute approximate surface area is 153 Å². The molecule has 1 fully saturated rings. The van der Waals surface area contributed by atoms with Crippen molar-refractivity contribution in [1.29, 1.82) is 0 Å². The molecular formula is C21H23NO4. The van der Waals surface area contributed by atoms with Crippen LogP contribution in [0.15, 0.2) is 48.5 Å². The molecule has 136 valence electrons. The third-order valence-electron chi connectivity index (χ3n) is 4.20. The fourth-order valence-corrected chi connectivity index (χ4v) is 2.57. The Balaban J connectivity index is 1.64. The van der Waals surface area contributed by atoms with E-state index in [-0.39, 0.29) is 18.6 Å². The van der Waals surface area contributed by atoms with E-state index < -0.39 is 12.1 Å². The fourth-order valence-electron chi connectivity index (χ4n) is 2.57. The predicted octanol–water partition coefficient (Wildman–Crippen LogP) is 3.25. The summed E-state index contributed by atoms with van der Waals surface area (Å²) in [5, 5.41) is 2.89. The number of amides is 1. The minimum atomic E-state index is -0.966. The highest BCUT2D eigenvalue weighted by Crippen LogP contribution is 2.24. The van der Waals surface area contributed by atoms with Gasteiger partial charge in [0, 0.05) is 11.6 Å². The van der Waals surface area contributed by atoms with Crippen LogP contribution in [0, 0.1) is 13.8 Å². The molecule has 0 saturated heterocycles. The lowest BCUT2D eigenvalue weighted by Gasteiger charge is -2.18. The molecule has 0 aromatic heterocycles. The van der Waals surface area contributed by atoms with E-state index in [1.165, 1.54) is 0 Å². The predicted molar refractivity (Wildman–Crippen MR) is 97.9 cm³/mol. The van der Waals surface area contributed by atoms with Crippen molar-refractivity contribution in [2.75, 3.05) is 6.61 Å². The summed E-state index contributed by atoms with van der Waals surface area (Å²) in [7, 11) is 0. The minimum Gasteiger partial charge on any atom is -0.482 e. The number of carbonyl (C=O) groups is 2. The smallest absolute Gasteiger partial charge is 0.345 e. The molecule has 0 heterocycles. The molecule has 26 heavy (non-hydrogen) atoms. The molecular weight excluding hydrogens is 330 g/mol. The van der Waals surface area contributed by atoms with Crippen molar-refractivity contribution < 1.29 is 19.1 Å². The maximum Gasteiger partial charge on any atom is 0.345 e. The lowest BCUT2D eigenvalue weighted by Crippen LogP contribution is -2.34. The second-order valence-corrected chi connectivity index (χ2v) is 6.62. The fraction of sp³-hybridized carbons (Fsp3) is 0.333. The van der Waals surface area contributed by atoms with Crippen molar-refractivity contribution in [2.24, 2.45) is 0 Å². The maximum atomic E-state index is 12.5. The molecule has 5 nitrogen and oxygen atoms in total. The normalized spacial score (nSPS) is 14.4. The lowest BCUT2D eigenvalue weighted by molar-refractivity contribution is -0.158. The van der Waals surface area contributed by atoms with E-state index >= 15 is 0 Å². The highest BCUT2D eigenvalue weighted by atomic mass is 16.6. The van der Waals surface area contributed by atoms with Gasteiger partial charge < -0.3 is 14.8 Å². The third-order valence-corrected chi connectivity index (χ3v) is 4.20. The van der Waals surface area contributed by atoms with E-state index in [0.717, 1.165) is 24.0 Å². The summed E-state index contributed by atoms with van der Waals surface area (Å²) in [5.74, 6) is -0.231. The van der Waals surface area contributed by atoms with E-state index in [1.54, 1.807) is 12.1 Å². The first kappa shape index (κ1) is 18.0. The SMILES string of the molecule is Cc1ccc(C)c(OCC(=O)O[C@H](C(=O)NC2CC2)c2ccccc2)c1. The Morgan fingerprint density at radius 2 is 1.85 bits per heavy atom. The molecule has 1 amide bonds. The second kappa shape index (κ2) is 8.04. The number of aryl methyl sites for hydroxylation is 2. The molecule has 0 unspecified atom stereocenters. The Morgan fingerprint density at radius 3 is 2.54 bits per heavy atom. The first-order valence-electron chi connectivity index (χ1n) is 8.78. The lowest BCUT2D eigenvalue weighted by atomic mass is 10.1. The van der Waals surface area contributed by atoms with Crippen LogP contribution in [0.3, 0.4) is 0 Å². The van der Waals surface area contributed by atoms with Crippen LogP contribution in [0.5, 0.6) is 5.75 Å². The molecule has 5 heteroatoms. The topological polar surface area (TPSA) is 64.6 Å². The highest BCUT2D eigenvalue weighted by molar-refractivity contribution is 5.85. The molecule has 1 atom stereocenters. The van der Waals surface area contributed by atoms with Crippen LogP contribution in [0.4, 0.5) is 0 Å². The molecule has 0 radical (unpaired) electrons. The van der Waals surface area contributed by atoms with E-state index in [2.05, 4.69) is 5.32 Å². The summed E-state index contributed by atoms with van der Waals surface area (Å²) < 4.78 is 11.0. The average Bonchev–Trinajstić information content (AvgIpc) is 3.45. The van der Waals surface area contributed by atoms with Gasteiger partial charge in [-0.2, -0.15) is 0 Å². The zero-order chi connectivity index (χ0) is 18.5. The summed E-state index contributed by atoms with van der Waals surface area (Å²) in [6, 6.07) is 15.0. The second-order valence-electron chi connectivity index (χ2n) is 6.62. The minimum absolute atomic E-state index is 0.193. The van der Waals surface area contributed by atoms with Crippen molar-refractivity contribution >= 4 is 11.9 Å². The number of benzene rings is 2. The number of rotatable bonds is 7. The molecule has 0 bridgehead atoms. The standard InChI is InChI=1S/C21H23NO4/c1-14-8-9-15(2)18(12-14)25-13-19(23)26-20(16-6-4-3-5-7-16)21(24)22-17-10-11-17/h3-9,12,17,20H,10-11,13H2,1-2H3,(H,22,24)/t20-/m0/s1. The Morgan fingerprint density at radius 1 is 1.12 bits per heavy atom. The van der Waals surface area contributed by atoms with Gasteiger partial charge >= 0.3 is 5.97 Å². The molecule has 2 aromatic rings. The van der Waals surface area contributed by atoms with E-state index in [1.807, 2.05) is 50.2 Å². The molecule has 1 saturated carbocycles. The number of hydrogen-bond donors (Lipinski definition) is 1. The molecule has 1 aliphatic rings. The summed E-state index contributed by atoms with van der Waals surface area (Å²) >= 11 is 0. The molecule has 3 rings (SSSR count). The van der Waals surface area contributed by atoms with Gasteiger partial charge in [-0.1, -0.05) is 42.5 Å². The van der Waals surface area contributed by atoms with Crippen LogP contribution in [-0.4, -0.2) is 24.5 Å². The molecule has 1 aliphatic carbocycles. The van der Waals surface area contributed by atoms with Gasteiger partial charge in [0.05, 0.1) is 0 Å². The van der Waals surface area contributed by atoms with Gasteiger partial charge in [-0.05, 0) is 43.9 Å².